The number of imidazole rings is 1. The molecule has 0 bridgehead atoms. The summed E-state index contributed by atoms with van der Waals surface area (Å²) in [5, 5.41) is 5.74. The minimum absolute atomic E-state index is 0.306. The lowest BCUT2D eigenvalue weighted by atomic mass is 10.1. The van der Waals surface area contributed by atoms with Crippen LogP contribution in [0.4, 0.5) is 5.13 Å². The summed E-state index contributed by atoms with van der Waals surface area (Å²) < 4.78 is 0. The molecule has 4 aromatic rings. The summed E-state index contributed by atoms with van der Waals surface area (Å²) in [5.41, 5.74) is 2.53. The zero-order chi connectivity index (χ0) is 17.9. The number of aromatic nitrogens is 4. The first-order valence-electron chi connectivity index (χ1n) is 7.68. The summed E-state index contributed by atoms with van der Waals surface area (Å²) >= 11 is 7.30. The van der Waals surface area contributed by atoms with Gasteiger partial charge in [0.2, 0.25) is 0 Å². The van der Waals surface area contributed by atoms with Gasteiger partial charge in [-0.2, -0.15) is 0 Å². The highest BCUT2D eigenvalue weighted by atomic mass is 35.5. The molecule has 0 saturated heterocycles. The molecule has 2 N–H and O–H groups in total. The Morgan fingerprint density at radius 3 is 2.50 bits per heavy atom. The molecule has 0 saturated carbocycles. The Bertz CT molecular complexity index is 1030. The number of aromatic amines is 1. The van der Waals surface area contributed by atoms with Crippen LogP contribution in [-0.4, -0.2) is 25.8 Å². The molecular formula is C18H12ClN5OS. The van der Waals surface area contributed by atoms with E-state index in [4.69, 9.17) is 11.6 Å². The van der Waals surface area contributed by atoms with Crippen LogP contribution in [0.2, 0.25) is 5.02 Å². The molecule has 3 heterocycles. The quantitative estimate of drug-likeness (QED) is 0.545. The van der Waals surface area contributed by atoms with E-state index in [9.17, 15) is 4.79 Å². The molecule has 1 amide bonds. The van der Waals surface area contributed by atoms with E-state index in [1.54, 1.807) is 36.1 Å². The molecule has 4 rings (SSSR count). The van der Waals surface area contributed by atoms with Crippen LogP contribution in [0.1, 0.15) is 10.5 Å². The molecule has 0 aliphatic rings. The van der Waals surface area contributed by atoms with Crippen molar-refractivity contribution in [3.05, 3.63) is 71.1 Å². The summed E-state index contributed by atoms with van der Waals surface area (Å²) in [7, 11) is 0. The highest BCUT2D eigenvalue weighted by Gasteiger charge is 2.20. The van der Waals surface area contributed by atoms with Crippen molar-refractivity contribution in [3.8, 4) is 22.6 Å². The second-order valence-electron chi connectivity index (χ2n) is 5.34. The Morgan fingerprint density at radius 1 is 1.04 bits per heavy atom. The third-order valence-corrected chi connectivity index (χ3v) is 4.60. The number of anilines is 1. The largest absolute Gasteiger partial charge is 0.333 e. The van der Waals surface area contributed by atoms with E-state index in [0.29, 0.717) is 27.4 Å². The van der Waals surface area contributed by atoms with Gasteiger partial charge in [0, 0.05) is 40.1 Å². The third kappa shape index (κ3) is 3.35. The molecule has 26 heavy (non-hydrogen) atoms. The highest BCUT2D eigenvalue weighted by molar-refractivity contribution is 7.13. The number of benzene rings is 1. The number of thiazole rings is 1. The molecule has 6 nitrogen and oxygen atoms in total. The maximum Gasteiger partial charge on any atom is 0.276 e. The highest BCUT2D eigenvalue weighted by Crippen LogP contribution is 2.27. The number of amides is 1. The lowest BCUT2D eigenvalue weighted by molar-refractivity contribution is 0.102. The maximum absolute atomic E-state index is 12.8. The van der Waals surface area contributed by atoms with Gasteiger partial charge < -0.3 is 4.98 Å². The van der Waals surface area contributed by atoms with Crippen LogP contribution in [0.25, 0.3) is 22.6 Å². The number of pyridine rings is 1. The normalized spacial score (nSPS) is 10.7. The predicted octanol–water partition coefficient (Wildman–Crippen LogP) is 4.50. The van der Waals surface area contributed by atoms with E-state index < -0.39 is 0 Å². The molecule has 8 heteroatoms. The van der Waals surface area contributed by atoms with Crippen LogP contribution in [0.3, 0.4) is 0 Å². The van der Waals surface area contributed by atoms with Crippen molar-refractivity contribution in [3.63, 3.8) is 0 Å². The van der Waals surface area contributed by atoms with E-state index in [1.165, 1.54) is 11.3 Å². The van der Waals surface area contributed by atoms with Gasteiger partial charge in [-0.3, -0.25) is 15.1 Å². The van der Waals surface area contributed by atoms with Crippen LogP contribution in [-0.2, 0) is 0 Å². The molecule has 0 aliphatic heterocycles. The molecule has 1 aromatic carbocycles. The number of nitrogens with zero attached hydrogens (tertiary/aromatic N) is 3. The Kier molecular flexibility index (Phi) is 4.47. The van der Waals surface area contributed by atoms with Gasteiger partial charge in [0.15, 0.2) is 5.13 Å². The summed E-state index contributed by atoms with van der Waals surface area (Å²) in [6, 6.07) is 10.9. The third-order valence-electron chi connectivity index (χ3n) is 3.66. The minimum Gasteiger partial charge on any atom is -0.333 e. The molecule has 0 atom stereocenters. The standard InChI is InChI=1S/C18H12ClN5OS/c19-13-3-1-12(2-4-13)16-22-14(11-5-7-20-8-6-11)15(23-16)17(25)24-18-21-9-10-26-18/h1-10H,(H,22,23)(H,21,24,25). The number of carbonyl (C=O) groups excluding carboxylic acids is 1. The second-order valence-corrected chi connectivity index (χ2v) is 6.67. The van der Waals surface area contributed by atoms with Gasteiger partial charge in [-0.15, -0.1) is 11.3 Å². The van der Waals surface area contributed by atoms with Crippen molar-refractivity contribution in [1.29, 1.82) is 0 Å². The van der Waals surface area contributed by atoms with Crippen molar-refractivity contribution in [2.45, 2.75) is 0 Å². The van der Waals surface area contributed by atoms with Gasteiger partial charge in [0.05, 0.1) is 0 Å². The molecule has 0 unspecified atom stereocenters. The smallest absolute Gasteiger partial charge is 0.276 e. The average molecular weight is 382 g/mol. The lowest BCUT2D eigenvalue weighted by Gasteiger charge is -2.02. The van der Waals surface area contributed by atoms with Gasteiger partial charge >= 0.3 is 0 Å². The number of carbonyl (C=O) groups is 1. The summed E-state index contributed by atoms with van der Waals surface area (Å²) in [5.74, 6) is 0.275. The fourth-order valence-electron chi connectivity index (χ4n) is 2.45. The van der Waals surface area contributed by atoms with Crippen molar-refractivity contribution >= 4 is 34.0 Å². The van der Waals surface area contributed by atoms with E-state index in [0.717, 1.165) is 11.1 Å². The van der Waals surface area contributed by atoms with Gasteiger partial charge in [-0.1, -0.05) is 11.6 Å². The number of nitrogens with one attached hydrogen (secondary N) is 2. The van der Waals surface area contributed by atoms with Crippen LogP contribution in [0.15, 0.2) is 60.4 Å². The number of hydrogen-bond acceptors (Lipinski definition) is 5. The average Bonchev–Trinajstić information content (AvgIpc) is 3.33. The van der Waals surface area contributed by atoms with Gasteiger partial charge in [0.1, 0.15) is 17.2 Å². The molecule has 0 spiro atoms. The van der Waals surface area contributed by atoms with E-state index in [-0.39, 0.29) is 5.91 Å². The lowest BCUT2D eigenvalue weighted by Crippen LogP contribution is -2.13. The topological polar surface area (TPSA) is 83.6 Å². The SMILES string of the molecule is O=C(Nc1nccs1)c1[nH]c(-c2ccc(Cl)cc2)nc1-c1ccncc1. The van der Waals surface area contributed by atoms with Crippen LogP contribution < -0.4 is 5.32 Å². The molecule has 128 valence electrons. The first-order chi connectivity index (χ1) is 12.7. The number of rotatable bonds is 4. The van der Waals surface area contributed by atoms with E-state index >= 15 is 0 Å². The molecule has 0 radical (unpaired) electrons. The number of hydrogen-bond donors (Lipinski definition) is 2. The molecule has 0 aliphatic carbocycles. The fourth-order valence-corrected chi connectivity index (χ4v) is 3.10. The Morgan fingerprint density at radius 2 is 1.81 bits per heavy atom. The van der Waals surface area contributed by atoms with Gasteiger partial charge in [0.25, 0.3) is 5.91 Å². The van der Waals surface area contributed by atoms with Crippen molar-refractivity contribution < 1.29 is 4.79 Å². The minimum atomic E-state index is -0.306. The number of halogens is 1. The first-order valence-corrected chi connectivity index (χ1v) is 8.93. The predicted molar refractivity (Wildman–Crippen MR) is 102 cm³/mol. The van der Waals surface area contributed by atoms with Crippen LogP contribution in [0.5, 0.6) is 0 Å². The molecule has 3 aromatic heterocycles. The van der Waals surface area contributed by atoms with E-state index in [1.807, 2.05) is 24.3 Å². The monoisotopic (exact) mass is 381 g/mol. The van der Waals surface area contributed by atoms with Crippen molar-refractivity contribution in [2.75, 3.05) is 5.32 Å². The Hall–Kier alpha value is -3.03. The fraction of sp³-hybridized carbons (Fsp3) is 0. The zero-order valence-electron chi connectivity index (χ0n) is 13.3. The number of H-pyrrole nitrogens is 1. The molecule has 0 fully saturated rings. The maximum atomic E-state index is 12.8. The van der Waals surface area contributed by atoms with Crippen LogP contribution in [0, 0.1) is 0 Å². The van der Waals surface area contributed by atoms with Gasteiger partial charge in [-0.25, -0.2) is 9.97 Å². The van der Waals surface area contributed by atoms with Crippen molar-refractivity contribution in [2.24, 2.45) is 0 Å². The van der Waals surface area contributed by atoms with E-state index in [2.05, 4.69) is 25.3 Å². The zero-order valence-corrected chi connectivity index (χ0v) is 14.9. The van der Waals surface area contributed by atoms with Crippen molar-refractivity contribution in [1.82, 2.24) is 19.9 Å². The first kappa shape index (κ1) is 16.4. The summed E-state index contributed by atoms with van der Waals surface area (Å²) in [6.07, 6.45) is 4.96. The summed E-state index contributed by atoms with van der Waals surface area (Å²) in [6.45, 7) is 0. The second kappa shape index (κ2) is 7.07. The summed E-state index contributed by atoms with van der Waals surface area (Å²) in [4.78, 5) is 28.6. The Labute approximate surface area is 157 Å². The van der Waals surface area contributed by atoms with Crippen LogP contribution >= 0.6 is 22.9 Å². The Balaban J connectivity index is 1.77. The molecular weight excluding hydrogens is 370 g/mol. The van der Waals surface area contributed by atoms with Gasteiger partial charge in [-0.05, 0) is 36.4 Å².